The summed E-state index contributed by atoms with van der Waals surface area (Å²) >= 11 is 0. The fraction of sp³-hybridized carbons (Fsp3) is 0. The molecule has 0 atom stereocenters. The third-order valence-electron chi connectivity index (χ3n) is 2.99. The molecule has 2 aromatic carbocycles. The molecule has 0 amide bonds. The third-order valence-corrected chi connectivity index (χ3v) is 2.99. The molecule has 0 saturated carbocycles. The molecule has 1 radical (unpaired) electrons. The van der Waals surface area contributed by atoms with Crippen molar-refractivity contribution in [3.8, 4) is 0 Å². The van der Waals surface area contributed by atoms with Crippen molar-refractivity contribution in [2.45, 2.75) is 0 Å². The van der Waals surface area contributed by atoms with Gasteiger partial charge >= 0.3 is 0 Å². The van der Waals surface area contributed by atoms with E-state index in [9.17, 15) is 0 Å². The molecule has 0 aromatic heterocycles. The molecule has 79 valence electrons. The summed E-state index contributed by atoms with van der Waals surface area (Å²) in [5, 5.41) is 0. The summed E-state index contributed by atoms with van der Waals surface area (Å²) in [7, 11) is 2.18. The van der Waals surface area contributed by atoms with E-state index >= 15 is 0 Å². The van der Waals surface area contributed by atoms with E-state index in [0.29, 0.717) is 0 Å². The molecular formula is C16H12B. The van der Waals surface area contributed by atoms with Crippen molar-refractivity contribution in [2.24, 2.45) is 0 Å². The van der Waals surface area contributed by atoms with E-state index in [2.05, 4.69) is 80.0 Å². The van der Waals surface area contributed by atoms with Gasteiger partial charge in [-0.25, -0.2) is 0 Å². The fourth-order valence-electron chi connectivity index (χ4n) is 2.16. The summed E-state index contributed by atoms with van der Waals surface area (Å²) in [5.41, 5.74) is 5.15. The predicted octanol–water partition coefficient (Wildman–Crippen LogP) is 3.79. The Labute approximate surface area is 103 Å². The van der Waals surface area contributed by atoms with Crippen molar-refractivity contribution in [1.82, 2.24) is 0 Å². The first-order valence-corrected chi connectivity index (χ1v) is 5.82. The Balaban J connectivity index is 2.10. The monoisotopic (exact) mass is 215 g/mol. The van der Waals surface area contributed by atoms with Gasteiger partial charge in [-0.2, -0.15) is 0 Å². The van der Waals surface area contributed by atoms with Crippen LogP contribution in [0.1, 0.15) is 11.1 Å². The minimum absolute atomic E-state index is 1.27. The fourth-order valence-corrected chi connectivity index (χ4v) is 2.16. The third kappa shape index (κ3) is 1.96. The van der Waals surface area contributed by atoms with Crippen LogP contribution in [-0.2, 0) is 0 Å². The second kappa shape index (κ2) is 4.46. The second-order valence-corrected chi connectivity index (χ2v) is 4.09. The maximum atomic E-state index is 2.18. The van der Waals surface area contributed by atoms with Gasteiger partial charge in [0.15, 0.2) is 7.28 Å². The summed E-state index contributed by atoms with van der Waals surface area (Å²) in [6, 6.07) is 21.0. The van der Waals surface area contributed by atoms with Gasteiger partial charge in [0.05, 0.1) is 0 Å². The summed E-state index contributed by atoms with van der Waals surface area (Å²) in [4.78, 5) is 0. The van der Waals surface area contributed by atoms with Gasteiger partial charge in [0, 0.05) is 0 Å². The lowest BCUT2D eigenvalue weighted by Gasteiger charge is -2.07. The lowest BCUT2D eigenvalue weighted by molar-refractivity contribution is 1.61. The van der Waals surface area contributed by atoms with Gasteiger partial charge in [-0.05, 0) is 16.7 Å². The molecule has 0 nitrogen and oxygen atoms in total. The van der Waals surface area contributed by atoms with Crippen LogP contribution < -0.4 is 0 Å². The van der Waals surface area contributed by atoms with Crippen LogP contribution in [0, 0.1) is 0 Å². The molecule has 0 saturated heterocycles. The molecule has 1 aliphatic rings. The quantitative estimate of drug-likeness (QED) is 0.668. The van der Waals surface area contributed by atoms with E-state index in [4.69, 9.17) is 0 Å². The molecule has 1 heteroatoms. The van der Waals surface area contributed by atoms with Crippen LogP contribution in [0.3, 0.4) is 0 Å². The SMILES string of the molecule is [B]1C=CC(c2ccccc2)=C1c1ccccc1. The molecule has 2 aromatic rings. The highest BCUT2D eigenvalue weighted by molar-refractivity contribution is 6.70. The van der Waals surface area contributed by atoms with Crippen molar-refractivity contribution in [3.63, 3.8) is 0 Å². The number of allylic oxidation sites excluding steroid dienone is 2. The van der Waals surface area contributed by atoms with E-state index < -0.39 is 0 Å². The van der Waals surface area contributed by atoms with Gasteiger partial charge in [0.25, 0.3) is 0 Å². The van der Waals surface area contributed by atoms with Crippen molar-refractivity contribution in [3.05, 3.63) is 83.8 Å². The van der Waals surface area contributed by atoms with Gasteiger partial charge < -0.3 is 0 Å². The number of benzene rings is 2. The Kier molecular flexibility index (Phi) is 2.67. The van der Waals surface area contributed by atoms with Gasteiger partial charge in [-0.15, -0.1) is 5.98 Å². The van der Waals surface area contributed by atoms with Crippen LogP contribution in [0.5, 0.6) is 0 Å². The summed E-state index contributed by atoms with van der Waals surface area (Å²) < 4.78 is 0. The average molecular weight is 215 g/mol. The van der Waals surface area contributed by atoms with Crippen LogP contribution in [0.15, 0.2) is 72.7 Å². The molecular weight excluding hydrogens is 203 g/mol. The van der Waals surface area contributed by atoms with E-state index in [-0.39, 0.29) is 0 Å². The predicted molar refractivity (Wildman–Crippen MR) is 74.6 cm³/mol. The zero-order valence-corrected chi connectivity index (χ0v) is 9.51. The van der Waals surface area contributed by atoms with Gasteiger partial charge in [0.1, 0.15) is 0 Å². The average Bonchev–Trinajstić information content (AvgIpc) is 2.90. The molecule has 1 heterocycles. The summed E-state index contributed by atoms with van der Waals surface area (Å²) in [6.07, 6.45) is 2.18. The van der Waals surface area contributed by atoms with E-state index in [1.54, 1.807) is 0 Å². The molecule has 0 unspecified atom stereocenters. The highest BCUT2D eigenvalue weighted by atomic mass is 14.1. The highest BCUT2D eigenvalue weighted by Crippen LogP contribution is 2.30. The highest BCUT2D eigenvalue weighted by Gasteiger charge is 2.12. The standard InChI is InChI=1S/C16H12B/c1-3-7-13(8-4-1)15-11-12-17-16(15)14-9-5-2-6-10-14/h1-12H. The largest absolute Gasteiger partial charge is 0.182 e. The minimum Gasteiger partial charge on any atom is -0.116 e. The van der Waals surface area contributed by atoms with Crippen molar-refractivity contribution in [2.75, 3.05) is 0 Å². The number of hydrogen-bond acceptors (Lipinski definition) is 0. The van der Waals surface area contributed by atoms with Crippen LogP contribution in [0.2, 0.25) is 0 Å². The molecule has 1 aliphatic heterocycles. The second-order valence-electron chi connectivity index (χ2n) is 4.09. The maximum Gasteiger partial charge on any atom is 0.182 e. The molecule has 0 aliphatic carbocycles. The van der Waals surface area contributed by atoms with Crippen molar-refractivity contribution in [1.29, 1.82) is 0 Å². The molecule has 17 heavy (non-hydrogen) atoms. The van der Waals surface area contributed by atoms with Crippen LogP contribution in [-0.4, -0.2) is 7.28 Å². The minimum atomic E-state index is 1.27. The topological polar surface area (TPSA) is 0 Å². The van der Waals surface area contributed by atoms with E-state index in [1.165, 1.54) is 22.2 Å². The van der Waals surface area contributed by atoms with E-state index in [0.717, 1.165) is 0 Å². The molecule has 0 bridgehead atoms. The smallest absolute Gasteiger partial charge is 0.116 e. The number of hydrogen-bond donors (Lipinski definition) is 0. The van der Waals surface area contributed by atoms with Crippen molar-refractivity contribution >= 4 is 18.3 Å². The zero-order valence-electron chi connectivity index (χ0n) is 9.51. The lowest BCUT2D eigenvalue weighted by Crippen LogP contribution is -1.91. The van der Waals surface area contributed by atoms with Gasteiger partial charge in [0.2, 0.25) is 0 Å². The lowest BCUT2D eigenvalue weighted by atomic mass is 9.68. The Morgan fingerprint density at radius 3 is 1.88 bits per heavy atom. The first-order valence-electron chi connectivity index (χ1n) is 5.82. The molecule has 0 spiro atoms. The zero-order chi connectivity index (χ0) is 11.5. The van der Waals surface area contributed by atoms with Crippen LogP contribution in [0.4, 0.5) is 0 Å². The Hall–Kier alpha value is -2.02. The van der Waals surface area contributed by atoms with Crippen LogP contribution in [0.25, 0.3) is 11.0 Å². The molecule has 3 rings (SSSR count). The maximum absolute atomic E-state index is 2.18. The Bertz CT molecular complexity index is 565. The van der Waals surface area contributed by atoms with Gasteiger partial charge in [-0.1, -0.05) is 72.2 Å². The Morgan fingerprint density at radius 1 is 0.647 bits per heavy atom. The van der Waals surface area contributed by atoms with Crippen molar-refractivity contribution < 1.29 is 0 Å². The summed E-state index contributed by atoms with van der Waals surface area (Å²) in [6.45, 7) is 0. The first-order chi connectivity index (χ1) is 8.45. The molecule has 0 N–H and O–H groups in total. The van der Waals surface area contributed by atoms with Crippen LogP contribution >= 0.6 is 0 Å². The number of rotatable bonds is 2. The normalized spacial score (nSPS) is 13.9. The van der Waals surface area contributed by atoms with Gasteiger partial charge in [-0.3, -0.25) is 0 Å². The first kappa shape index (κ1) is 10.2. The van der Waals surface area contributed by atoms with E-state index in [1.807, 2.05) is 0 Å². The summed E-state index contributed by atoms with van der Waals surface area (Å²) in [5.74, 6) is 2.12. The Morgan fingerprint density at radius 2 is 1.24 bits per heavy atom. The molecule has 0 fully saturated rings.